The zero-order valence-corrected chi connectivity index (χ0v) is 11.8. The molecule has 0 saturated carbocycles. The van der Waals surface area contributed by atoms with Crippen LogP contribution in [0.4, 0.5) is 0 Å². The average molecular weight is 262 g/mol. The van der Waals surface area contributed by atoms with Gasteiger partial charge in [0.25, 0.3) is 5.91 Å². The number of amides is 1. The molecule has 4 heteroatoms. The number of ether oxygens (including phenoxy) is 1. The van der Waals surface area contributed by atoms with Crippen LogP contribution in [0.2, 0.25) is 0 Å². The number of nitrogens with one attached hydrogen (secondary N) is 2. The maximum Gasteiger partial charge on any atom is 0.251 e. The van der Waals surface area contributed by atoms with Gasteiger partial charge in [0.15, 0.2) is 0 Å². The molecule has 0 bridgehead atoms. The van der Waals surface area contributed by atoms with Gasteiger partial charge in [0.1, 0.15) is 5.75 Å². The first kappa shape index (κ1) is 13.9. The highest BCUT2D eigenvalue weighted by Crippen LogP contribution is 2.19. The molecular weight excluding hydrogens is 240 g/mol. The fraction of sp³-hybridized carbons (Fsp3) is 0.533. The molecule has 2 atom stereocenters. The Labute approximate surface area is 114 Å². The molecule has 1 amide bonds. The second kappa shape index (κ2) is 6.06. The van der Waals surface area contributed by atoms with E-state index in [1.807, 2.05) is 19.1 Å². The van der Waals surface area contributed by atoms with E-state index in [0.717, 1.165) is 30.7 Å². The van der Waals surface area contributed by atoms with Crippen molar-refractivity contribution < 1.29 is 9.53 Å². The number of hydrogen-bond acceptors (Lipinski definition) is 3. The van der Waals surface area contributed by atoms with Gasteiger partial charge in [-0.1, -0.05) is 6.07 Å². The van der Waals surface area contributed by atoms with Crippen LogP contribution in [0, 0.1) is 6.92 Å². The summed E-state index contributed by atoms with van der Waals surface area (Å²) in [5.74, 6) is 0.723. The van der Waals surface area contributed by atoms with Crippen molar-refractivity contribution in [1.82, 2.24) is 10.6 Å². The van der Waals surface area contributed by atoms with Gasteiger partial charge in [-0.15, -0.1) is 0 Å². The Morgan fingerprint density at radius 2 is 2.26 bits per heavy atom. The first-order valence-corrected chi connectivity index (χ1v) is 6.80. The molecule has 4 nitrogen and oxygen atoms in total. The normalized spacial score (nSPS) is 22.9. The van der Waals surface area contributed by atoms with Crippen LogP contribution in [0.15, 0.2) is 18.2 Å². The lowest BCUT2D eigenvalue weighted by Gasteiger charge is -2.30. The fourth-order valence-electron chi connectivity index (χ4n) is 2.45. The van der Waals surface area contributed by atoms with Crippen molar-refractivity contribution in [2.45, 2.75) is 38.8 Å². The summed E-state index contributed by atoms with van der Waals surface area (Å²) in [5.41, 5.74) is 1.69. The van der Waals surface area contributed by atoms with E-state index in [2.05, 4.69) is 17.6 Å². The van der Waals surface area contributed by atoms with Gasteiger partial charge in [0.2, 0.25) is 0 Å². The Bertz CT molecular complexity index is 459. The van der Waals surface area contributed by atoms with E-state index >= 15 is 0 Å². The van der Waals surface area contributed by atoms with Gasteiger partial charge in [0.05, 0.1) is 7.11 Å². The number of aryl methyl sites for hydroxylation is 1. The van der Waals surface area contributed by atoms with Gasteiger partial charge in [-0.05, 0) is 50.9 Å². The summed E-state index contributed by atoms with van der Waals surface area (Å²) in [4.78, 5) is 12.2. The zero-order valence-electron chi connectivity index (χ0n) is 11.8. The van der Waals surface area contributed by atoms with Gasteiger partial charge < -0.3 is 15.4 Å². The standard InChI is InChI=1S/C15H22N2O2/c1-10-6-7-12(9-14(10)19-3)15(18)17-13-5-4-8-16-11(13)2/h6-7,9,11,13,16H,4-5,8H2,1-3H3,(H,17,18). The summed E-state index contributed by atoms with van der Waals surface area (Å²) in [6, 6.07) is 6.08. The summed E-state index contributed by atoms with van der Waals surface area (Å²) >= 11 is 0. The number of benzene rings is 1. The van der Waals surface area contributed by atoms with Gasteiger partial charge in [-0.2, -0.15) is 0 Å². The number of piperidine rings is 1. The molecule has 104 valence electrons. The molecule has 0 aliphatic carbocycles. The molecule has 2 rings (SSSR count). The second-order valence-corrected chi connectivity index (χ2v) is 5.15. The molecular formula is C15H22N2O2. The highest BCUT2D eigenvalue weighted by Gasteiger charge is 2.23. The van der Waals surface area contributed by atoms with E-state index in [-0.39, 0.29) is 11.9 Å². The van der Waals surface area contributed by atoms with Crippen LogP contribution in [0.25, 0.3) is 0 Å². The third-order valence-corrected chi connectivity index (χ3v) is 3.75. The SMILES string of the molecule is COc1cc(C(=O)NC2CCCNC2C)ccc1C. The number of carbonyl (C=O) groups is 1. The lowest BCUT2D eigenvalue weighted by molar-refractivity contribution is 0.0919. The smallest absolute Gasteiger partial charge is 0.251 e. The molecule has 2 unspecified atom stereocenters. The van der Waals surface area contributed by atoms with Crippen molar-refractivity contribution >= 4 is 5.91 Å². The van der Waals surface area contributed by atoms with E-state index in [1.165, 1.54) is 0 Å². The van der Waals surface area contributed by atoms with Crippen LogP contribution < -0.4 is 15.4 Å². The molecule has 1 aromatic carbocycles. The Morgan fingerprint density at radius 1 is 1.47 bits per heavy atom. The molecule has 2 N–H and O–H groups in total. The second-order valence-electron chi connectivity index (χ2n) is 5.15. The molecule has 1 saturated heterocycles. The highest BCUT2D eigenvalue weighted by molar-refractivity contribution is 5.95. The minimum absolute atomic E-state index is 0.0288. The number of rotatable bonds is 3. The molecule has 19 heavy (non-hydrogen) atoms. The van der Waals surface area contributed by atoms with Crippen molar-refractivity contribution in [3.63, 3.8) is 0 Å². The van der Waals surface area contributed by atoms with Crippen LogP contribution in [-0.2, 0) is 0 Å². The summed E-state index contributed by atoms with van der Waals surface area (Å²) in [6.07, 6.45) is 2.13. The Balaban J connectivity index is 2.07. The van der Waals surface area contributed by atoms with Gasteiger partial charge in [0, 0.05) is 17.6 Å². The van der Waals surface area contributed by atoms with Crippen LogP contribution in [-0.4, -0.2) is 31.6 Å². The van der Waals surface area contributed by atoms with Crippen LogP contribution in [0.3, 0.4) is 0 Å². The minimum atomic E-state index is -0.0288. The molecule has 0 aromatic heterocycles. The lowest BCUT2D eigenvalue weighted by Crippen LogP contribution is -2.51. The molecule has 0 radical (unpaired) electrons. The van der Waals surface area contributed by atoms with Crippen LogP contribution in [0.5, 0.6) is 5.75 Å². The first-order chi connectivity index (χ1) is 9.11. The fourth-order valence-corrected chi connectivity index (χ4v) is 2.45. The average Bonchev–Trinajstić information content (AvgIpc) is 2.42. The Kier molecular flexibility index (Phi) is 4.43. The molecule has 1 heterocycles. The van der Waals surface area contributed by atoms with E-state index < -0.39 is 0 Å². The minimum Gasteiger partial charge on any atom is -0.496 e. The van der Waals surface area contributed by atoms with Crippen molar-refractivity contribution in [2.24, 2.45) is 0 Å². The maximum absolute atomic E-state index is 12.2. The molecule has 1 aliphatic heterocycles. The van der Waals surface area contributed by atoms with Crippen molar-refractivity contribution in [3.8, 4) is 5.75 Å². The van der Waals surface area contributed by atoms with Gasteiger partial charge >= 0.3 is 0 Å². The van der Waals surface area contributed by atoms with Crippen LogP contribution in [0.1, 0.15) is 35.7 Å². The van der Waals surface area contributed by atoms with Crippen molar-refractivity contribution in [1.29, 1.82) is 0 Å². The molecule has 1 aromatic rings. The Morgan fingerprint density at radius 3 is 2.95 bits per heavy atom. The highest BCUT2D eigenvalue weighted by atomic mass is 16.5. The third-order valence-electron chi connectivity index (χ3n) is 3.75. The predicted octanol–water partition coefficient (Wildman–Crippen LogP) is 1.87. The largest absolute Gasteiger partial charge is 0.496 e. The third kappa shape index (κ3) is 3.26. The molecule has 0 spiro atoms. The summed E-state index contributed by atoms with van der Waals surface area (Å²) in [6.45, 7) is 5.11. The van der Waals surface area contributed by atoms with Crippen molar-refractivity contribution in [3.05, 3.63) is 29.3 Å². The first-order valence-electron chi connectivity index (χ1n) is 6.80. The van der Waals surface area contributed by atoms with E-state index in [9.17, 15) is 4.79 Å². The van der Waals surface area contributed by atoms with Crippen molar-refractivity contribution in [2.75, 3.05) is 13.7 Å². The molecule has 1 fully saturated rings. The molecule has 1 aliphatic rings. The van der Waals surface area contributed by atoms with Crippen LogP contribution >= 0.6 is 0 Å². The quantitative estimate of drug-likeness (QED) is 0.874. The van der Waals surface area contributed by atoms with E-state index in [4.69, 9.17) is 4.74 Å². The summed E-state index contributed by atoms with van der Waals surface area (Å²) < 4.78 is 5.25. The zero-order chi connectivity index (χ0) is 13.8. The van der Waals surface area contributed by atoms with E-state index in [1.54, 1.807) is 13.2 Å². The topological polar surface area (TPSA) is 50.4 Å². The summed E-state index contributed by atoms with van der Waals surface area (Å²) in [5, 5.41) is 6.48. The number of hydrogen-bond donors (Lipinski definition) is 2. The number of methoxy groups -OCH3 is 1. The van der Waals surface area contributed by atoms with Gasteiger partial charge in [-0.3, -0.25) is 4.79 Å². The summed E-state index contributed by atoms with van der Waals surface area (Å²) in [7, 11) is 1.62. The van der Waals surface area contributed by atoms with E-state index in [0.29, 0.717) is 11.6 Å². The lowest BCUT2D eigenvalue weighted by atomic mass is 9.99. The monoisotopic (exact) mass is 262 g/mol. The maximum atomic E-state index is 12.2. The number of carbonyl (C=O) groups excluding carboxylic acids is 1. The predicted molar refractivity (Wildman–Crippen MR) is 75.7 cm³/mol. The Hall–Kier alpha value is -1.55. The van der Waals surface area contributed by atoms with Gasteiger partial charge in [-0.25, -0.2) is 0 Å².